The van der Waals surface area contributed by atoms with Crippen molar-refractivity contribution < 1.29 is 14.1 Å². The molecule has 1 aliphatic rings. The number of amides is 2. The van der Waals surface area contributed by atoms with E-state index < -0.39 is 0 Å². The van der Waals surface area contributed by atoms with Crippen LogP contribution < -0.4 is 5.32 Å². The van der Waals surface area contributed by atoms with Gasteiger partial charge in [0.25, 0.3) is 5.91 Å². The van der Waals surface area contributed by atoms with E-state index in [0.717, 1.165) is 12.8 Å². The van der Waals surface area contributed by atoms with Gasteiger partial charge < -0.3 is 14.7 Å². The van der Waals surface area contributed by atoms with Gasteiger partial charge in [-0.1, -0.05) is 28.4 Å². The molecule has 0 aliphatic carbocycles. The van der Waals surface area contributed by atoms with E-state index in [0.29, 0.717) is 59.8 Å². The van der Waals surface area contributed by atoms with E-state index in [1.807, 2.05) is 0 Å². The summed E-state index contributed by atoms with van der Waals surface area (Å²) in [4.78, 5) is 31.0. The first-order valence-electron chi connectivity index (χ1n) is 9.25. The molecule has 2 amide bonds. The van der Waals surface area contributed by atoms with Crippen LogP contribution in [-0.2, 0) is 11.2 Å². The number of benzene rings is 1. The number of carbonyl (C=O) groups is 2. The maximum Gasteiger partial charge on any atom is 0.253 e. The van der Waals surface area contributed by atoms with Gasteiger partial charge in [-0.3, -0.25) is 9.59 Å². The molecule has 28 heavy (non-hydrogen) atoms. The largest absolute Gasteiger partial charge is 0.356 e. The Kier molecular flexibility index (Phi) is 6.91. The summed E-state index contributed by atoms with van der Waals surface area (Å²) in [6, 6.07) is 4.82. The lowest BCUT2D eigenvalue weighted by atomic mass is 9.96. The summed E-state index contributed by atoms with van der Waals surface area (Å²) < 4.78 is 5.05. The van der Waals surface area contributed by atoms with E-state index in [-0.39, 0.29) is 17.7 Å². The first kappa shape index (κ1) is 20.6. The average Bonchev–Trinajstić information content (AvgIpc) is 3.12. The Morgan fingerprint density at radius 3 is 2.86 bits per heavy atom. The van der Waals surface area contributed by atoms with Crippen LogP contribution in [-0.4, -0.2) is 46.5 Å². The van der Waals surface area contributed by atoms with Crippen molar-refractivity contribution in [1.29, 1.82) is 0 Å². The summed E-state index contributed by atoms with van der Waals surface area (Å²) in [5.41, 5.74) is 0.477. The number of rotatable bonds is 6. The lowest BCUT2D eigenvalue weighted by Gasteiger charge is -2.32. The molecule has 0 spiro atoms. The Morgan fingerprint density at radius 1 is 1.32 bits per heavy atom. The first-order chi connectivity index (χ1) is 13.4. The lowest BCUT2D eigenvalue weighted by Crippen LogP contribution is -2.45. The molecule has 1 aromatic heterocycles. The Hall–Kier alpha value is -2.12. The van der Waals surface area contributed by atoms with E-state index in [1.165, 1.54) is 0 Å². The van der Waals surface area contributed by atoms with Crippen LogP contribution in [0.2, 0.25) is 10.0 Å². The van der Waals surface area contributed by atoms with Crippen LogP contribution in [0.5, 0.6) is 0 Å². The van der Waals surface area contributed by atoms with Crippen molar-refractivity contribution in [3.8, 4) is 0 Å². The molecule has 1 N–H and O–H groups in total. The molecular weight excluding hydrogens is 403 g/mol. The molecule has 9 heteroatoms. The van der Waals surface area contributed by atoms with Crippen molar-refractivity contribution >= 4 is 35.0 Å². The van der Waals surface area contributed by atoms with E-state index in [4.69, 9.17) is 27.7 Å². The first-order valence-corrected chi connectivity index (χ1v) is 10.0. The van der Waals surface area contributed by atoms with Gasteiger partial charge in [0, 0.05) is 31.6 Å². The van der Waals surface area contributed by atoms with Crippen molar-refractivity contribution in [2.75, 3.05) is 19.6 Å². The topological polar surface area (TPSA) is 88.3 Å². The van der Waals surface area contributed by atoms with Crippen LogP contribution in [0.15, 0.2) is 22.7 Å². The van der Waals surface area contributed by atoms with Gasteiger partial charge in [0.2, 0.25) is 11.8 Å². The second-order valence-corrected chi connectivity index (χ2v) is 7.66. The molecule has 1 saturated heterocycles. The zero-order valence-corrected chi connectivity index (χ0v) is 17.1. The van der Waals surface area contributed by atoms with Gasteiger partial charge in [-0.05, 0) is 44.4 Å². The minimum absolute atomic E-state index is 0.0339. The molecule has 0 bridgehead atoms. The number of nitrogens with one attached hydrogen (secondary N) is 1. The lowest BCUT2D eigenvalue weighted by molar-refractivity contribution is -0.126. The summed E-state index contributed by atoms with van der Waals surface area (Å²) in [6.07, 6.45) is 2.88. The summed E-state index contributed by atoms with van der Waals surface area (Å²) in [6.45, 7) is 3.31. The van der Waals surface area contributed by atoms with Crippen molar-refractivity contribution in [1.82, 2.24) is 20.4 Å². The molecule has 3 rings (SSSR count). The predicted molar refractivity (Wildman–Crippen MR) is 105 cm³/mol. The predicted octanol–water partition coefficient (Wildman–Crippen LogP) is 3.29. The molecule has 1 aromatic carbocycles. The fraction of sp³-hybridized carbons (Fsp3) is 0.474. The van der Waals surface area contributed by atoms with Crippen LogP contribution in [0, 0.1) is 12.8 Å². The highest BCUT2D eigenvalue weighted by Gasteiger charge is 2.29. The number of aromatic nitrogens is 2. The van der Waals surface area contributed by atoms with Crippen LogP contribution in [0.3, 0.4) is 0 Å². The molecular formula is C19H22Cl2N4O3. The van der Waals surface area contributed by atoms with Gasteiger partial charge in [-0.25, -0.2) is 0 Å². The molecule has 0 radical (unpaired) electrons. The second-order valence-electron chi connectivity index (χ2n) is 6.85. The normalized spacial score (nSPS) is 16.8. The molecule has 150 valence electrons. The molecule has 7 nitrogen and oxygen atoms in total. The number of likely N-dealkylation sites (tertiary alicyclic amines) is 1. The highest BCUT2D eigenvalue weighted by atomic mass is 35.5. The smallest absolute Gasteiger partial charge is 0.253 e. The van der Waals surface area contributed by atoms with Gasteiger partial charge in [0.1, 0.15) is 0 Å². The summed E-state index contributed by atoms with van der Waals surface area (Å²) in [7, 11) is 0. The van der Waals surface area contributed by atoms with E-state index in [1.54, 1.807) is 30.0 Å². The maximum atomic E-state index is 12.7. The highest BCUT2D eigenvalue weighted by molar-refractivity contribution is 6.42. The Morgan fingerprint density at radius 2 is 2.14 bits per heavy atom. The Labute approximate surface area is 173 Å². The molecule has 2 heterocycles. The van der Waals surface area contributed by atoms with E-state index >= 15 is 0 Å². The van der Waals surface area contributed by atoms with Crippen molar-refractivity contribution in [2.24, 2.45) is 5.92 Å². The minimum atomic E-state index is -0.217. The fourth-order valence-electron chi connectivity index (χ4n) is 3.22. The monoisotopic (exact) mass is 424 g/mol. The van der Waals surface area contributed by atoms with E-state index in [9.17, 15) is 9.59 Å². The highest BCUT2D eigenvalue weighted by Crippen LogP contribution is 2.25. The summed E-state index contributed by atoms with van der Waals surface area (Å²) >= 11 is 11.9. The third-order valence-corrected chi connectivity index (χ3v) is 5.42. The number of hydrogen-bond donors (Lipinski definition) is 1. The number of aryl methyl sites for hydroxylation is 2. The second kappa shape index (κ2) is 9.39. The average molecular weight is 425 g/mol. The molecule has 0 saturated carbocycles. The Bertz CT molecular complexity index is 855. The Balaban J connectivity index is 1.48. The fourth-order valence-corrected chi connectivity index (χ4v) is 3.52. The van der Waals surface area contributed by atoms with Crippen LogP contribution in [0.1, 0.15) is 41.3 Å². The zero-order valence-electron chi connectivity index (χ0n) is 15.6. The minimum Gasteiger partial charge on any atom is -0.356 e. The number of halogens is 2. The molecule has 1 aliphatic heterocycles. The third-order valence-electron chi connectivity index (χ3n) is 4.68. The van der Waals surface area contributed by atoms with Gasteiger partial charge in [-0.2, -0.15) is 4.98 Å². The number of hydrogen-bond acceptors (Lipinski definition) is 5. The van der Waals surface area contributed by atoms with E-state index in [2.05, 4.69) is 15.5 Å². The maximum absolute atomic E-state index is 12.7. The zero-order chi connectivity index (χ0) is 20.1. The summed E-state index contributed by atoms with van der Waals surface area (Å²) in [5.74, 6) is 0.790. The molecule has 1 unspecified atom stereocenters. The molecule has 1 fully saturated rings. The van der Waals surface area contributed by atoms with Crippen molar-refractivity contribution in [3.63, 3.8) is 0 Å². The van der Waals surface area contributed by atoms with Gasteiger partial charge >= 0.3 is 0 Å². The van der Waals surface area contributed by atoms with Crippen molar-refractivity contribution in [2.45, 2.75) is 32.6 Å². The number of nitrogens with zero attached hydrogens (tertiary/aromatic N) is 3. The van der Waals surface area contributed by atoms with Gasteiger partial charge in [0.05, 0.1) is 16.0 Å². The third kappa shape index (κ3) is 5.23. The summed E-state index contributed by atoms with van der Waals surface area (Å²) in [5, 5.41) is 7.43. The quantitative estimate of drug-likeness (QED) is 0.718. The van der Waals surface area contributed by atoms with Gasteiger partial charge in [-0.15, -0.1) is 0 Å². The molecule has 2 aromatic rings. The van der Waals surface area contributed by atoms with Gasteiger partial charge in [0.15, 0.2) is 5.82 Å². The van der Waals surface area contributed by atoms with Crippen LogP contribution in [0.4, 0.5) is 0 Å². The van der Waals surface area contributed by atoms with Crippen LogP contribution in [0.25, 0.3) is 0 Å². The molecule has 1 atom stereocenters. The van der Waals surface area contributed by atoms with Crippen LogP contribution >= 0.6 is 23.2 Å². The standard InChI is InChI=1S/C19H22Cl2N4O3/c1-12-23-17(28-24-12)5-2-8-22-18(26)14-4-3-9-25(11-14)19(27)13-6-7-15(20)16(21)10-13/h6-7,10,14H,2-5,8-9,11H2,1H3,(H,22,26). The van der Waals surface area contributed by atoms with Crippen molar-refractivity contribution in [3.05, 3.63) is 45.5 Å². The number of piperidine rings is 1. The number of carbonyl (C=O) groups excluding carboxylic acids is 2. The SMILES string of the molecule is Cc1noc(CCCNC(=O)C2CCCN(C(=O)c3ccc(Cl)c(Cl)c3)C2)n1.